The first-order valence-electron chi connectivity index (χ1n) is 9.12. The molecular formula is C19H26N4O5. The molecule has 3 N–H and O–H groups in total. The summed E-state index contributed by atoms with van der Waals surface area (Å²) < 4.78 is 4.86. The largest absolute Gasteiger partial charge is 0.385 e. The fourth-order valence-electron chi connectivity index (χ4n) is 3.02. The quantitative estimate of drug-likeness (QED) is 0.452. The van der Waals surface area contributed by atoms with E-state index in [1.165, 1.54) is 0 Å². The van der Waals surface area contributed by atoms with Crippen LogP contribution >= 0.6 is 0 Å². The fraction of sp³-hybridized carbons (Fsp3) is 0.474. The molecule has 0 radical (unpaired) electrons. The summed E-state index contributed by atoms with van der Waals surface area (Å²) in [7, 11) is 1.55. The number of rotatable bonds is 8. The van der Waals surface area contributed by atoms with Crippen LogP contribution < -0.4 is 16.0 Å². The number of amides is 6. The van der Waals surface area contributed by atoms with Gasteiger partial charge in [0.15, 0.2) is 0 Å². The molecule has 152 valence electrons. The number of aryl methyl sites for hydroxylation is 1. The van der Waals surface area contributed by atoms with Crippen molar-refractivity contribution < 1.29 is 23.9 Å². The number of urea groups is 2. The molecule has 0 spiro atoms. The number of hydrogen-bond acceptors (Lipinski definition) is 5. The molecule has 1 unspecified atom stereocenters. The van der Waals surface area contributed by atoms with Crippen LogP contribution in [0.15, 0.2) is 24.3 Å². The number of carbonyl (C=O) groups excluding carboxylic acids is 4. The molecule has 9 nitrogen and oxygen atoms in total. The van der Waals surface area contributed by atoms with Crippen LogP contribution in [0.2, 0.25) is 0 Å². The van der Waals surface area contributed by atoms with Crippen molar-refractivity contribution in [1.29, 1.82) is 0 Å². The summed E-state index contributed by atoms with van der Waals surface area (Å²) in [5, 5.41) is 7.32. The van der Waals surface area contributed by atoms with Gasteiger partial charge in [-0.1, -0.05) is 36.8 Å². The van der Waals surface area contributed by atoms with Gasteiger partial charge >= 0.3 is 12.1 Å². The Morgan fingerprint density at radius 1 is 1.21 bits per heavy atom. The van der Waals surface area contributed by atoms with Gasteiger partial charge in [0.25, 0.3) is 5.91 Å². The Morgan fingerprint density at radius 2 is 1.89 bits per heavy atom. The minimum atomic E-state index is -1.21. The summed E-state index contributed by atoms with van der Waals surface area (Å²) in [6.07, 6.45) is 0.930. The summed E-state index contributed by atoms with van der Waals surface area (Å²) >= 11 is 0. The van der Waals surface area contributed by atoms with Crippen LogP contribution in [0.25, 0.3) is 0 Å². The number of nitrogens with one attached hydrogen (secondary N) is 3. The van der Waals surface area contributed by atoms with Crippen LogP contribution in [0.5, 0.6) is 0 Å². The molecule has 28 heavy (non-hydrogen) atoms. The van der Waals surface area contributed by atoms with Crippen LogP contribution in [0.1, 0.15) is 30.9 Å². The van der Waals surface area contributed by atoms with Crippen molar-refractivity contribution in [3.05, 3.63) is 35.4 Å². The van der Waals surface area contributed by atoms with Crippen LogP contribution in [-0.2, 0) is 19.9 Å². The number of nitrogens with zero attached hydrogens (tertiary/aromatic N) is 1. The Balaban J connectivity index is 2.01. The van der Waals surface area contributed by atoms with E-state index in [2.05, 4.69) is 16.0 Å². The lowest BCUT2D eigenvalue weighted by atomic mass is 9.87. The van der Waals surface area contributed by atoms with Gasteiger partial charge in [0, 0.05) is 20.3 Å². The molecule has 1 saturated heterocycles. The first-order valence-corrected chi connectivity index (χ1v) is 9.12. The van der Waals surface area contributed by atoms with Crippen LogP contribution in [0.4, 0.5) is 9.59 Å². The first kappa shape index (κ1) is 21.4. The highest BCUT2D eigenvalue weighted by atomic mass is 16.5. The molecule has 1 aliphatic heterocycles. The summed E-state index contributed by atoms with van der Waals surface area (Å²) in [5.41, 5.74) is 0.463. The second kappa shape index (κ2) is 9.32. The van der Waals surface area contributed by atoms with Gasteiger partial charge < -0.3 is 15.4 Å². The highest BCUT2D eigenvalue weighted by Crippen LogP contribution is 2.32. The second-order valence-corrected chi connectivity index (χ2v) is 6.60. The monoisotopic (exact) mass is 390 g/mol. The Bertz CT molecular complexity index is 749. The van der Waals surface area contributed by atoms with Crippen molar-refractivity contribution in [2.75, 3.05) is 26.8 Å². The minimum Gasteiger partial charge on any atom is -0.385 e. The Labute approximate surface area is 163 Å². The van der Waals surface area contributed by atoms with Crippen LogP contribution in [0.3, 0.4) is 0 Å². The number of benzene rings is 1. The predicted molar refractivity (Wildman–Crippen MR) is 101 cm³/mol. The summed E-state index contributed by atoms with van der Waals surface area (Å²) in [5.74, 6) is -1.26. The molecular weight excluding hydrogens is 364 g/mol. The number of ether oxygens (including phenoxy) is 1. The zero-order valence-corrected chi connectivity index (χ0v) is 16.3. The molecule has 1 fully saturated rings. The normalized spacial score (nSPS) is 18.8. The van der Waals surface area contributed by atoms with Crippen molar-refractivity contribution in [1.82, 2.24) is 20.9 Å². The number of carbonyl (C=O) groups is 4. The summed E-state index contributed by atoms with van der Waals surface area (Å²) in [6, 6.07) is 5.93. The predicted octanol–water partition coefficient (Wildman–Crippen LogP) is 1.01. The second-order valence-electron chi connectivity index (χ2n) is 6.60. The third-order valence-corrected chi connectivity index (χ3v) is 4.62. The number of hydrogen-bond donors (Lipinski definition) is 3. The minimum absolute atomic E-state index is 0.332. The average molecular weight is 390 g/mol. The van der Waals surface area contributed by atoms with E-state index < -0.39 is 36.0 Å². The van der Waals surface area contributed by atoms with E-state index >= 15 is 0 Å². The van der Waals surface area contributed by atoms with Gasteiger partial charge in [0.1, 0.15) is 12.1 Å². The van der Waals surface area contributed by atoms with E-state index in [9.17, 15) is 19.2 Å². The van der Waals surface area contributed by atoms with Gasteiger partial charge in [-0.15, -0.1) is 0 Å². The standard InChI is InChI=1S/C19H26N4O5/c1-4-19(14-8-6-13(2)7-9-14)16(25)23(18(27)22-19)12-15(24)21-17(26)20-10-5-11-28-3/h6-9H,4-5,10-12H2,1-3H3,(H,22,27)(H2,20,21,24,26). The highest BCUT2D eigenvalue weighted by Gasteiger charge is 2.51. The smallest absolute Gasteiger partial charge is 0.325 e. The van der Waals surface area contributed by atoms with Crippen molar-refractivity contribution in [2.24, 2.45) is 0 Å². The lowest BCUT2D eigenvalue weighted by molar-refractivity contribution is -0.135. The van der Waals surface area contributed by atoms with Crippen molar-refractivity contribution in [2.45, 2.75) is 32.2 Å². The molecule has 1 aliphatic rings. The molecule has 0 aliphatic carbocycles. The average Bonchev–Trinajstić information content (AvgIpc) is 2.91. The van der Waals surface area contributed by atoms with Gasteiger partial charge in [0.05, 0.1) is 0 Å². The lowest BCUT2D eigenvalue weighted by Crippen LogP contribution is -2.47. The number of imide groups is 2. The fourth-order valence-corrected chi connectivity index (χ4v) is 3.02. The van der Waals surface area contributed by atoms with Crippen LogP contribution in [-0.4, -0.2) is 55.6 Å². The van der Waals surface area contributed by atoms with E-state index in [0.29, 0.717) is 31.6 Å². The molecule has 1 aromatic rings. The van der Waals surface area contributed by atoms with E-state index in [1.807, 2.05) is 19.1 Å². The van der Waals surface area contributed by atoms with Crippen molar-refractivity contribution >= 4 is 23.9 Å². The maximum Gasteiger partial charge on any atom is 0.325 e. The van der Waals surface area contributed by atoms with E-state index in [4.69, 9.17) is 4.74 Å². The molecule has 9 heteroatoms. The maximum absolute atomic E-state index is 13.0. The Morgan fingerprint density at radius 3 is 2.50 bits per heavy atom. The van der Waals surface area contributed by atoms with Gasteiger partial charge in [-0.3, -0.25) is 19.8 Å². The van der Waals surface area contributed by atoms with Crippen LogP contribution in [0, 0.1) is 6.92 Å². The van der Waals surface area contributed by atoms with E-state index in [-0.39, 0.29) is 0 Å². The Hall–Kier alpha value is -2.94. The summed E-state index contributed by atoms with van der Waals surface area (Å²) in [4.78, 5) is 50.0. The molecule has 0 saturated carbocycles. The van der Waals surface area contributed by atoms with Gasteiger partial charge in [-0.2, -0.15) is 0 Å². The Kier molecular flexibility index (Phi) is 7.11. The third-order valence-electron chi connectivity index (χ3n) is 4.62. The van der Waals surface area contributed by atoms with Gasteiger partial charge in [0.2, 0.25) is 5.91 Å². The topological polar surface area (TPSA) is 117 Å². The zero-order valence-electron chi connectivity index (χ0n) is 16.3. The zero-order chi connectivity index (χ0) is 20.7. The summed E-state index contributed by atoms with van der Waals surface area (Å²) in [6.45, 7) is 3.99. The third kappa shape index (κ3) is 4.66. The molecule has 1 aromatic carbocycles. The molecule has 2 rings (SSSR count). The first-order chi connectivity index (χ1) is 13.3. The van der Waals surface area contributed by atoms with E-state index in [1.54, 1.807) is 26.2 Å². The van der Waals surface area contributed by atoms with Crippen molar-refractivity contribution in [3.63, 3.8) is 0 Å². The lowest BCUT2D eigenvalue weighted by Gasteiger charge is -2.25. The molecule has 6 amide bonds. The van der Waals surface area contributed by atoms with Gasteiger partial charge in [-0.05, 0) is 25.3 Å². The number of methoxy groups -OCH3 is 1. The van der Waals surface area contributed by atoms with E-state index in [0.717, 1.165) is 10.5 Å². The van der Waals surface area contributed by atoms with Gasteiger partial charge in [-0.25, -0.2) is 9.59 Å². The molecule has 0 aromatic heterocycles. The molecule has 1 heterocycles. The molecule has 0 bridgehead atoms. The van der Waals surface area contributed by atoms with Crippen molar-refractivity contribution in [3.8, 4) is 0 Å². The SMILES string of the molecule is CCC1(c2ccc(C)cc2)NC(=O)N(CC(=O)NC(=O)NCCCOC)C1=O. The highest BCUT2D eigenvalue weighted by molar-refractivity contribution is 6.10. The molecule has 1 atom stereocenters. The maximum atomic E-state index is 13.0.